The number of benzene rings is 1. The molecule has 1 atom stereocenters. The first-order valence-electron chi connectivity index (χ1n) is 5.90. The van der Waals surface area contributed by atoms with Crippen LogP contribution in [0.5, 0.6) is 0 Å². The average molecular weight is 260 g/mol. The number of hydrogen-bond donors (Lipinski definition) is 1. The highest BCUT2D eigenvalue weighted by atomic mass is 16.2. The van der Waals surface area contributed by atoms with Gasteiger partial charge in [0, 0.05) is 6.42 Å². The third-order valence-electron chi connectivity index (χ3n) is 3.35. The lowest BCUT2D eigenvalue weighted by molar-refractivity contribution is -0.136. The van der Waals surface area contributed by atoms with Crippen molar-refractivity contribution in [2.45, 2.75) is 18.9 Å². The maximum atomic E-state index is 12.2. The van der Waals surface area contributed by atoms with Crippen molar-refractivity contribution >= 4 is 23.6 Å². The molecule has 1 saturated heterocycles. The van der Waals surface area contributed by atoms with Crippen LogP contribution in [0.1, 0.15) is 33.6 Å². The van der Waals surface area contributed by atoms with Crippen molar-refractivity contribution in [2.24, 2.45) is 0 Å². The summed E-state index contributed by atoms with van der Waals surface area (Å²) in [5.74, 6) is -1.92. The van der Waals surface area contributed by atoms with E-state index in [1.54, 1.807) is 24.3 Å². The molecule has 1 N–H and O–H groups in total. The van der Waals surface area contributed by atoms with Gasteiger partial charge in [0.15, 0.2) is 0 Å². The third kappa shape index (κ3) is 1.64. The van der Waals surface area contributed by atoms with Crippen LogP contribution in [-0.4, -0.2) is 34.6 Å². The third-order valence-corrected chi connectivity index (χ3v) is 3.35. The van der Waals surface area contributed by atoms with Crippen LogP contribution >= 0.6 is 0 Å². The molecule has 2 aliphatic rings. The Morgan fingerprint density at radius 2 is 1.58 bits per heavy atom. The standard InChI is InChI=1S/C13H10N2O4/c16-10-6-5-9(11(17)14-10)15-12(18)7-3-1-2-4-8(7)13(15)19/h1-4,9H,5-6H2,(H,14,16,17)/i5+1,11+1. The highest BCUT2D eigenvalue weighted by Crippen LogP contribution is 2.26. The molecule has 1 unspecified atom stereocenters. The summed E-state index contributed by atoms with van der Waals surface area (Å²) in [4.78, 5) is 48.1. The SMILES string of the molecule is O=C1C[13CH2]C(N2C(=O)c3ccccc3C2=O)[13C](=O)N1. The largest absolute Gasteiger partial charge is 0.295 e. The summed E-state index contributed by atoms with van der Waals surface area (Å²) < 4.78 is 0. The molecule has 2 aliphatic heterocycles. The van der Waals surface area contributed by atoms with Crippen LogP contribution in [0.15, 0.2) is 24.3 Å². The number of fused-ring (bicyclic) bond motifs is 1. The van der Waals surface area contributed by atoms with Gasteiger partial charge in [-0.15, -0.1) is 0 Å². The van der Waals surface area contributed by atoms with Gasteiger partial charge in [0.25, 0.3) is 11.8 Å². The Morgan fingerprint density at radius 3 is 2.11 bits per heavy atom. The zero-order valence-electron chi connectivity index (χ0n) is 9.88. The first-order chi connectivity index (χ1) is 9.09. The predicted octanol–water partition coefficient (Wildman–Crippen LogP) is 0.0878. The van der Waals surface area contributed by atoms with E-state index in [0.717, 1.165) is 4.90 Å². The maximum Gasteiger partial charge on any atom is 0.262 e. The number of imide groups is 2. The number of nitrogens with one attached hydrogen (secondary N) is 1. The maximum absolute atomic E-state index is 12.2. The molecule has 3 rings (SSSR count). The van der Waals surface area contributed by atoms with E-state index in [1.807, 2.05) is 0 Å². The number of carbonyl (C=O) groups is 4. The minimum atomic E-state index is -0.898. The summed E-state index contributed by atoms with van der Waals surface area (Å²) in [5, 5.41) is 2.15. The van der Waals surface area contributed by atoms with Crippen molar-refractivity contribution in [1.82, 2.24) is 10.2 Å². The predicted molar refractivity (Wildman–Crippen MR) is 63.1 cm³/mol. The monoisotopic (exact) mass is 260 g/mol. The molecule has 96 valence electrons. The van der Waals surface area contributed by atoms with Crippen LogP contribution in [0.3, 0.4) is 0 Å². The van der Waals surface area contributed by atoms with E-state index >= 15 is 0 Å². The van der Waals surface area contributed by atoms with Gasteiger partial charge in [0.05, 0.1) is 11.1 Å². The summed E-state index contributed by atoms with van der Waals surface area (Å²) in [6.07, 6.45) is 0.306. The summed E-state index contributed by atoms with van der Waals surface area (Å²) in [5.41, 5.74) is 0.606. The molecule has 0 aromatic heterocycles. The fourth-order valence-electron chi connectivity index (χ4n) is 2.42. The average Bonchev–Trinajstić information content (AvgIpc) is 2.64. The zero-order valence-corrected chi connectivity index (χ0v) is 9.88. The number of rotatable bonds is 1. The molecule has 1 aromatic carbocycles. The van der Waals surface area contributed by atoms with E-state index in [2.05, 4.69) is 5.32 Å². The highest BCUT2D eigenvalue weighted by Gasteiger charge is 2.44. The second-order valence-electron chi connectivity index (χ2n) is 4.49. The van der Waals surface area contributed by atoms with Crippen molar-refractivity contribution in [3.63, 3.8) is 0 Å². The van der Waals surface area contributed by atoms with Crippen molar-refractivity contribution < 1.29 is 19.2 Å². The van der Waals surface area contributed by atoms with Crippen LogP contribution in [0, 0.1) is 0 Å². The Balaban J connectivity index is 1.96. The molecule has 0 aliphatic carbocycles. The van der Waals surface area contributed by atoms with Crippen LogP contribution in [0.25, 0.3) is 0 Å². The fourth-order valence-corrected chi connectivity index (χ4v) is 2.42. The number of hydrogen-bond acceptors (Lipinski definition) is 4. The highest BCUT2D eigenvalue weighted by molar-refractivity contribution is 6.23. The number of piperidine rings is 1. The minimum Gasteiger partial charge on any atom is -0.295 e. The van der Waals surface area contributed by atoms with Gasteiger partial charge in [-0.2, -0.15) is 0 Å². The summed E-state index contributed by atoms with van der Waals surface area (Å²) >= 11 is 0. The van der Waals surface area contributed by atoms with Gasteiger partial charge in [-0.3, -0.25) is 29.4 Å². The van der Waals surface area contributed by atoms with Crippen LogP contribution in [0.2, 0.25) is 0 Å². The Morgan fingerprint density at radius 1 is 1.00 bits per heavy atom. The molecule has 6 nitrogen and oxygen atoms in total. The number of amides is 4. The number of carbonyl (C=O) groups excluding carboxylic acids is 4. The molecule has 19 heavy (non-hydrogen) atoms. The molecule has 0 bridgehead atoms. The minimum absolute atomic E-state index is 0.129. The van der Waals surface area contributed by atoms with Crippen molar-refractivity contribution in [1.29, 1.82) is 0 Å². The lowest BCUT2D eigenvalue weighted by Crippen LogP contribution is -2.54. The van der Waals surface area contributed by atoms with E-state index in [1.165, 1.54) is 0 Å². The van der Waals surface area contributed by atoms with E-state index < -0.39 is 23.8 Å². The summed E-state index contributed by atoms with van der Waals surface area (Å²) in [6, 6.07) is 5.55. The van der Waals surface area contributed by atoms with Gasteiger partial charge in [-0.05, 0) is 18.6 Å². The second kappa shape index (κ2) is 4.01. The normalized spacial score (nSPS) is 22.5. The molecule has 4 amide bonds. The van der Waals surface area contributed by atoms with E-state index in [4.69, 9.17) is 0 Å². The molecule has 1 fully saturated rings. The fraction of sp³-hybridized carbons (Fsp3) is 0.231. The molecular weight excluding hydrogens is 250 g/mol. The van der Waals surface area contributed by atoms with E-state index in [-0.39, 0.29) is 18.7 Å². The van der Waals surface area contributed by atoms with Crippen molar-refractivity contribution in [3.8, 4) is 0 Å². The number of nitrogens with zero attached hydrogens (tertiary/aromatic N) is 1. The first-order valence-corrected chi connectivity index (χ1v) is 5.90. The van der Waals surface area contributed by atoms with E-state index in [9.17, 15) is 19.2 Å². The van der Waals surface area contributed by atoms with E-state index in [0.29, 0.717) is 11.1 Å². The van der Waals surface area contributed by atoms with Gasteiger partial charge in [0.2, 0.25) is 11.8 Å². The Hall–Kier alpha value is -2.50. The lowest BCUT2D eigenvalue weighted by Gasteiger charge is -2.27. The van der Waals surface area contributed by atoms with Crippen LogP contribution < -0.4 is 5.32 Å². The topological polar surface area (TPSA) is 83.6 Å². The zero-order chi connectivity index (χ0) is 13.6. The van der Waals surface area contributed by atoms with Crippen molar-refractivity contribution in [3.05, 3.63) is 35.4 Å². The lowest BCUT2D eigenvalue weighted by atomic mass is 10.1. The Labute approximate surface area is 108 Å². The molecule has 0 saturated carbocycles. The molecule has 0 spiro atoms. The van der Waals surface area contributed by atoms with Crippen LogP contribution in [-0.2, 0) is 9.59 Å². The molecular formula is C13H10N2O4. The second-order valence-corrected chi connectivity index (χ2v) is 4.49. The smallest absolute Gasteiger partial charge is 0.262 e. The molecule has 2 heterocycles. The Bertz CT molecular complexity index is 588. The van der Waals surface area contributed by atoms with Gasteiger partial charge in [0.1, 0.15) is 6.04 Å². The molecule has 1 aromatic rings. The molecule has 6 heteroatoms. The first kappa shape index (κ1) is 11.6. The summed E-state index contributed by atoms with van der Waals surface area (Å²) in [6.45, 7) is 0. The van der Waals surface area contributed by atoms with Crippen LogP contribution in [0.4, 0.5) is 0 Å². The Kier molecular flexibility index (Phi) is 2.45. The summed E-state index contributed by atoms with van der Waals surface area (Å²) in [7, 11) is 0. The van der Waals surface area contributed by atoms with Gasteiger partial charge in [-0.1, -0.05) is 12.1 Å². The van der Waals surface area contributed by atoms with Crippen molar-refractivity contribution in [2.75, 3.05) is 0 Å². The quantitative estimate of drug-likeness (QED) is 0.573. The van der Waals surface area contributed by atoms with Gasteiger partial charge in [-0.25, -0.2) is 0 Å². The molecule has 0 radical (unpaired) electrons. The van der Waals surface area contributed by atoms with Gasteiger partial charge >= 0.3 is 0 Å². The van der Waals surface area contributed by atoms with Gasteiger partial charge < -0.3 is 0 Å².